The Kier molecular flexibility index (Phi) is 4.25. The molecule has 0 radical (unpaired) electrons. The van der Waals surface area contributed by atoms with E-state index in [0.717, 1.165) is 5.56 Å². The van der Waals surface area contributed by atoms with Crippen molar-refractivity contribution in [2.75, 3.05) is 6.54 Å². The van der Waals surface area contributed by atoms with Crippen LogP contribution < -0.4 is 11.1 Å². The molecule has 0 saturated carbocycles. The summed E-state index contributed by atoms with van der Waals surface area (Å²) < 4.78 is 1.94. The molecule has 1 aromatic heterocycles. The van der Waals surface area contributed by atoms with Gasteiger partial charge in [0, 0.05) is 24.8 Å². The van der Waals surface area contributed by atoms with Crippen LogP contribution in [0.3, 0.4) is 0 Å². The fourth-order valence-corrected chi connectivity index (χ4v) is 1.94. The van der Waals surface area contributed by atoms with Gasteiger partial charge in [0.05, 0.1) is 0 Å². The van der Waals surface area contributed by atoms with E-state index in [1.165, 1.54) is 0 Å². The topological polar surface area (TPSA) is 60.0 Å². The molecule has 0 aliphatic rings. The number of carbonyl (C=O) groups is 1. The van der Waals surface area contributed by atoms with E-state index in [-0.39, 0.29) is 5.91 Å². The van der Waals surface area contributed by atoms with Crippen LogP contribution in [0.5, 0.6) is 0 Å². The van der Waals surface area contributed by atoms with Gasteiger partial charge in [-0.15, -0.1) is 0 Å². The van der Waals surface area contributed by atoms with Gasteiger partial charge in [0.25, 0.3) is 5.91 Å². The summed E-state index contributed by atoms with van der Waals surface area (Å²) in [6, 6.07) is 13.8. The van der Waals surface area contributed by atoms with E-state index < -0.39 is 5.54 Å². The van der Waals surface area contributed by atoms with Crippen molar-refractivity contribution in [2.24, 2.45) is 5.73 Å². The van der Waals surface area contributed by atoms with Gasteiger partial charge in [0.15, 0.2) is 0 Å². The molecule has 0 atom stereocenters. The Morgan fingerprint density at radius 3 is 2.55 bits per heavy atom. The molecule has 0 fully saturated rings. The molecular formula is C16H21N3O. The Labute approximate surface area is 119 Å². The standard InChI is InChI=1S/C16H21N3O/c1-16(2,17)12-18-15(20)14-9-6-10-19(14)11-13-7-4-3-5-8-13/h3-10H,11-12,17H2,1-2H3,(H,18,20). The number of aromatic nitrogens is 1. The number of nitrogens with two attached hydrogens (primary N) is 1. The SMILES string of the molecule is CC(C)(N)CNC(=O)c1cccn1Cc1ccccc1. The van der Waals surface area contributed by atoms with Gasteiger partial charge >= 0.3 is 0 Å². The largest absolute Gasteiger partial charge is 0.349 e. The average molecular weight is 271 g/mol. The van der Waals surface area contributed by atoms with Gasteiger partial charge in [-0.2, -0.15) is 0 Å². The number of amides is 1. The van der Waals surface area contributed by atoms with Gasteiger partial charge in [-0.3, -0.25) is 4.79 Å². The van der Waals surface area contributed by atoms with Crippen LogP contribution in [0.1, 0.15) is 29.9 Å². The molecule has 0 aliphatic carbocycles. The van der Waals surface area contributed by atoms with Crippen LogP contribution in [-0.2, 0) is 6.54 Å². The second-order valence-corrected chi connectivity index (χ2v) is 5.68. The zero-order valence-electron chi connectivity index (χ0n) is 12.0. The van der Waals surface area contributed by atoms with Crippen molar-refractivity contribution in [3.8, 4) is 0 Å². The Bertz CT molecular complexity index is 567. The molecule has 20 heavy (non-hydrogen) atoms. The Morgan fingerprint density at radius 2 is 1.90 bits per heavy atom. The third-order valence-corrected chi connectivity index (χ3v) is 2.96. The number of benzene rings is 1. The van der Waals surface area contributed by atoms with E-state index >= 15 is 0 Å². The maximum Gasteiger partial charge on any atom is 0.267 e. The molecular weight excluding hydrogens is 250 g/mol. The number of nitrogens with zero attached hydrogens (tertiary/aromatic N) is 1. The van der Waals surface area contributed by atoms with E-state index in [4.69, 9.17) is 5.73 Å². The molecule has 0 unspecified atom stereocenters. The summed E-state index contributed by atoms with van der Waals surface area (Å²) in [4.78, 5) is 12.2. The molecule has 4 heteroatoms. The number of nitrogens with one attached hydrogen (secondary N) is 1. The van der Waals surface area contributed by atoms with Crippen LogP contribution in [0.15, 0.2) is 48.7 Å². The zero-order valence-corrected chi connectivity index (χ0v) is 12.0. The maximum absolute atomic E-state index is 12.2. The first-order valence-electron chi connectivity index (χ1n) is 6.72. The van der Waals surface area contributed by atoms with Crippen molar-refractivity contribution in [1.82, 2.24) is 9.88 Å². The van der Waals surface area contributed by atoms with Crippen molar-refractivity contribution < 1.29 is 4.79 Å². The summed E-state index contributed by atoms with van der Waals surface area (Å²) in [5, 5.41) is 2.87. The van der Waals surface area contributed by atoms with E-state index in [1.807, 2.05) is 67.1 Å². The Balaban J connectivity index is 2.07. The number of hydrogen-bond donors (Lipinski definition) is 2. The molecule has 4 nitrogen and oxygen atoms in total. The molecule has 106 valence electrons. The summed E-state index contributed by atoms with van der Waals surface area (Å²) in [6.45, 7) is 4.90. The van der Waals surface area contributed by atoms with Crippen LogP contribution in [0.2, 0.25) is 0 Å². The average Bonchev–Trinajstić information content (AvgIpc) is 2.84. The third-order valence-electron chi connectivity index (χ3n) is 2.96. The minimum Gasteiger partial charge on any atom is -0.349 e. The van der Waals surface area contributed by atoms with Crippen LogP contribution >= 0.6 is 0 Å². The normalized spacial score (nSPS) is 11.3. The maximum atomic E-state index is 12.2. The third kappa shape index (κ3) is 3.96. The molecule has 0 bridgehead atoms. The van der Waals surface area contributed by atoms with E-state index in [1.54, 1.807) is 0 Å². The summed E-state index contributed by atoms with van der Waals surface area (Å²) in [6.07, 6.45) is 1.91. The summed E-state index contributed by atoms with van der Waals surface area (Å²) in [5.41, 5.74) is 7.28. The highest BCUT2D eigenvalue weighted by molar-refractivity contribution is 5.92. The number of carbonyl (C=O) groups excluding carboxylic acids is 1. The highest BCUT2D eigenvalue weighted by Crippen LogP contribution is 2.08. The van der Waals surface area contributed by atoms with Gasteiger partial charge in [0.1, 0.15) is 5.69 Å². The van der Waals surface area contributed by atoms with E-state index in [0.29, 0.717) is 18.8 Å². The van der Waals surface area contributed by atoms with Crippen LogP contribution in [0.25, 0.3) is 0 Å². The fraction of sp³-hybridized carbons (Fsp3) is 0.312. The monoisotopic (exact) mass is 271 g/mol. The summed E-state index contributed by atoms with van der Waals surface area (Å²) >= 11 is 0. The van der Waals surface area contributed by atoms with Gasteiger partial charge in [-0.1, -0.05) is 30.3 Å². The van der Waals surface area contributed by atoms with Crippen molar-refractivity contribution in [3.05, 3.63) is 59.9 Å². The number of rotatable bonds is 5. The summed E-state index contributed by atoms with van der Waals surface area (Å²) in [7, 11) is 0. The van der Waals surface area contributed by atoms with Crippen LogP contribution in [0.4, 0.5) is 0 Å². The molecule has 3 N–H and O–H groups in total. The molecule has 1 amide bonds. The predicted octanol–water partition coefficient (Wildman–Crippen LogP) is 2.00. The zero-order chi connectivity index (χ0) is 14.6. The Morgan fingerprint density at radius 1 is 1.20 bits per heavy atom. The van der Waals surface area contributed by atoms with Crippen molar-refractivity contribution in [3.63, 3.8) is 0 Å². The lowest BCUT2D eigenvalue weighted by Gasteiger charge is -2.19. The van der Waals surface area contributed by atoms with Crippen molar-refractivity contribution in [2.45, 2.75) is 25.9 Å². The van der Waals surface area contributed by atoms with Gasteiger partial charge < -0.3 is 15.6 Å². The smallest absolute Gasteiger partial charge is 0.267 e. The highest BCUT2D eigenvalue weighted by atomic mass is 16.1. The molecule has 2 rings (SSSR count). The summed E-state index contributed by atoms with van der Waals surface area (Å²) in [5.74, 6) is -0.0931. The molecule has 1 aromatic carbocycles. The van der Waals surface area contributed by atoms with Crippen LogP contribution in [-0.4, -0.2) is 22.6 Å². The lowest BCUT2D eigenvalue weighted by atomic mass is 10.1. The predicted molar refractivity (Wildman–Crippen MR) is 80.6 cm³/mol. The Hall–Kier alpha value is -2.07. The van der Waals surface area contributed by atoms with Crippen molar-refractivity contribution in [1.29, 1.82) is 0 Å². The quantitative estimate of drug-likeness (QED) is 0.874. The molecule has 0 aliphatic heterocycles. The second kappa shape index (κ2) is 5.92. The van der Waals surface area contributed by atoms with Crippen molar-refractivity contribution >= 4 is 5.91 Å². The van der Waals surface area contributed by atoms with Crippen LogP contribution in [0, 0.1) is 0 Å². The minimum atomic E-state index is -0.410. The minimum absolute atomic E-state index is 0.0931. The molecule has 0 spiro atoms. The van der Waals surface area contributed by atoms with E-state index in [2.05, 4.69) is 5.32 Å². The molecule has 2 aromatic rings. The first-order chi connectivity index (χ1) is 9.46. The lowest BCUT2D eigenvalue weighted by Crippen LogP contribution is -2.45. The fourth-order valence-electron chi connectivity index (χ4n) is 1.94. The van der Waals surface area contributed by atoms with Gasteiger partial charge in [-0.05, 0) is 31.5 Å². The number of hydrogen-bond acceptors (Lipinski definition) is 2. The molecule has 0 saturated heterocycles. The van der Waals surface area contributed by atoms with E-state index in [9.17, 15) is 4.79 Å². The lowest BCUT2D eigenvalue weighted by molar-refractivity contribution is 0.0937. The highest BCUT2D eigenvalue weighted by Gasteiger charge is 2.15. The first-order valence-corrected chi connectivity index (χ1v) is 6.72. The molecule has 1 heterocycles. The first kappa shape index (κ1) is 14.3. The van der Waals surface area contributed by atoms with Gasteiger partial charge in [0.2, 0.25) is 0 Å². The van der Waals surface area contributed by atoms with Gasteiger partial charge in [-0.25, -0.2) is 0 Å². The second-order valence-electron chi connectivity index (χ2n) is 5.68.